The third-order valence-electron chi connectivity index (χ3n) is 2.17. The van der Waals surface area contributed by atoms with E-state index in [0.717, 1.165) is 0 Å². The number of benzene rings is 1. The van der Waals surface area contributed by atoms with Crippen LogP contribution in [-0.4, -0.2) is 32.6 Å². The third-order valence-corrected chi connectivity index (χ3v) is 2.39. The van der Waals surface area contributed by atoms with Gasteiger partial charge in [0.15, 0.2) is 5.75 Å². The molecule has 0 aliphatic heterocycles. The zero-order valence-electron chi connectivity index (χ0n) is 9.95. The molecule has 0 bridgehead atoms. The topological polar surface area (TPSA) is 90.6 Å². The molecule has 1 amide bonds. The summed E-state index contributed by atoms with van der Waals surface area (Å²) in [6.45, 7) is -0.0780. The minimum Gasteiger partial charge on any atom is -0.494 e. The fraction of sp³-hybridized carbons (Fsp3) is 0.273. The van der Waals surface area contributed by atoms with Crippen LogP contribution in [0.3, 0.4) is 0 Å². The number of nitrogens with two attached hydrogens (primary N) is 1. The number of ether oxygens (including phenoxy) is 2. The van der Waals surface area contributed by atoms with Gasteiger partial charge in [-0.05, 0) is 12.1 Å². The zero-order chi connectivity index (χ0) is 13.7. The van der Waals surface area contributed by atoms with Crippen molar-refractivity contribution in [2.45, 2.75) is 0 Å². The van der Waals surface area contributed by atoms with Crippen molar-refractivity contribution in [2.75, 3.05) is 26.1 Å². The van der Waals surface area contributed by atoms with E-state index in [4.69, 9.17) is 22.1 Å². The minimum atomic E-state index is -0.671. The van der Waals surface area contributed by atoms with E-state index in [0.29, 0.717) is 10.7 Å². The Balaban J connectivity index is 3.09. The molecular formula is C11H13ClN2O4. The van der Waals surface area contributed by atoms with Gasteiger partial charge in [-0.25, -0.2) is 0 Å². The molecule has 7 heteroatoms. The molecule has 18 heavy (non-hydrogen) atoms. The summed E-state index contributed by atoms with van der Waals surface area (Å²) in [4.78, 5) is 22.3. The van der Waals surface area contributed by atoms with Crippen LogP contribution in [0.2, 0.25) is 5.02 Å². The molecule has 0 atom stereocenters. The van der Waals surface area contributed by atoms with E-state index in [1.807, 2.05) is 0 Å². The van der Waals surface area contributed by atoms with Gasteiger partial charge < -0.3 is 20.5 Å². The Morgan fingerprint density at radius 3 is 2.56 bits per heavy atom. The number of esters is 1. The molecule has 1 aromatic carbocycles. The van der Waals surface area contributed by atoms with Crippen LogP contribution in [0.5, 0.6) is 5.75 Å². The molecule has 1 rings (SSSR count). The van der Waals surface area contributed by atoms with Crippen molar-refractivity contribution in [2.24, 2.45) is 5.73 Å². The predicted molar refractivity (Wildman–Crippen MR) is 67.0 cm³/mol. The Morgan fingerprint density at radius 2 is 2.06 bits per heavy atom. The summed E-state index contributed by atoms with van der Waals surface area (Å²) in [6, 6.07) is 2.92. The van der Waals surface area contributed by atoms with Gasteiger partial charge in [-0.3, -0.25) is 9.59 Å². The molecule has 0 fully saturated rings. The molecule has 1 aromatic rings. The van der Waals surface area contributed by atoms with Crippen LogP contribution >= 0.6 is 11.6 Å². The Bertz CT molecular complexity index is 476. The van der Waals surface area contributed by atoms with Crippen LogP contribution in [-0.2, 0) is 9.53 Å². The van der Waals surface area contributed by atoms with E-state index >= 15 is 0 Å². The van der Waals surface area contributed by atoms with Gasteiger partial charge in [0.2, 0.25) is 0 Å². The first-order valence-corrected chi connectivity index (χ1v) is 5.35. The quantitative estimate of drug-likeness (QED) is 0.782. The first-order valence-electron chi connectivity index (χ1n) is 4.97. The number of nitrogens with one attached hydrogen (secondary N) is 1. The van der Waals surface area contributed by atoms with Crippen molar-refractivity contribution in [3.05, 3.63) is 22.7 Å². The number of carbonyl (C=O) groups excluding carboxylic acids is 2. The molecule has 0 unspecified atom stereocenters. The molecule has 3 N–H and O–H groups in total. The van der Waals surface area contributed by atoms with Crippen LogP contribution in [0, 0.1) is 0 Å². The number of amides is 1. The lowest BCUT2D eigenvalue weighted by atomic mass is 10.1. The Hall–Kier alpha value is -1.95. The van der Waals surface area contributed by atoms with E-state index in [1.165, 1.54) is 26.4 Å². The van der Waals surface area contributed by atoms with Crippen LogP contribution in [0.15, 0.2) is 12.1 Å². The lowest BCUT2D eigenvalue weighted by molar-refractivity contribution is -0.138. The Morgan fingerprint density at radius 1 is 1.39 bits per heavy atom. The monoisotopic (exact) mass is 272 g/mol. The van der Waals surface area contributed by atoms with Gasteiger partial charge in [0.05, 0.1) is 25.5 Å². The predicted octanol–water partition coefficient (Wildman–Crippen LogP) is 1.03. The standard InChI is InChI=1S/C11H13ClN2O4/c1-17-9(15)5-14-8-4-6(12)3-7(11(13)16)10(8)18-2/h3-4,14H,5H2,1-2H3,(H2,13,16). The van der Waals surface area contributed by atoms with Gasteiger partial charge in [-0.2, -0.15) is 0 Å². The summed E-state index contributed by atoms with van der Waals surface area (Å²) in [6.07, 6.45) is 0. The molecule has 0 aliphatic rings. The molecular weight excluding hydrogens is 260 g/mol. The van der Waals surface area contributed by atoms with Gasteiger partial charge >= 0.3 is 5.97 Å². The van der Waals surface area contributed by atoms with E-state index < -0.39 is 11.9 Å². The lowest BCUT2D eigenvalue weighted by Gasteiger charge is -2.13. The first-order chi connectivity index (χ1) is 8.49. The van der Waals surface area contributed by atoms with E-state index in [9.17, 15) is 9.59 Å². The molecule has 0 aromatic heterocycles. The zero-order valence-corrected chi connectivity index (χ0v) is 10.7. The van der Waals surface area contributed by atoms with Crippen molar-refractivity contribution in [3.63, 3.8) is 0 Å². The van der Waals surface area contributed by atoms with Gasteiger partial charge in [0.25, 0.3) is 5.91 Å². The summed E-state index contributed by atoms with van der Waals surface area (Å²) >= 11 is 5.85. The molecule has 98 valence electrons. The summed E-state index contributed by atoms with van der Waals surface area (Å²) in [5, 5.41) is 3.06. The largest absolute Gasteiger partial charge is 0.494 e. The van der Waals surface area contributed by atoms with E-state index in [1.54, 1.807) is 0 Å². The van der Waals surface area contributed by atoms with Crippen LogP contribution < -0.4 is 15.8 Å². The van der Waals surface area contributed by atoms with Crippen molar-refractivity contribution >= 4 is 29.2 Å². The molecule has 0 radical (unpaired) electrons. The summed E-state index contributed by atoms with van der Waals surface area (Å²) < 4.78 is 9.57. The summed E-state index contributed by atoms with van der Waals surface area (Å²) in [5.41, 5.74) is 5.74. The second-order valence-corrected chi connectivity index (χ2v) is 3.76. The molecule has 0 aliphatic carbocycles. The maximum Gasteiger partial charge on any atom is 0.325 e. The SMILES string of the molecule is COC(=O)CNc1cc(Cl)cc(C(N)=O)c1OC. The van der Waals surface area contributed by atoms with Crippen molar-refractivity contribution in [3.8, 4) is 5.75 Å². The lowest BCUT2D eigenvalue weighted by Crippen LogP contribution is -2.17. The normalized spacial score (nSPS) is 9.72. The fourth-order valence-corrected chi connectivity index (χ4v) is 1.59. The van der Waals surface area contributed by atoms with Crippen LogP contribution in [0.25, 0.3) is 0 Å². The molecule has 0 saturated heterocycles. The number of methoxy groups -OCH3 is 2. The second-order valence-electron chi connectivity index (χ2n) is 3.33. The minimum absolute atomic E-state index is 0.0780. The number of rotatable bonds is 5. The molecule has 0 spiro atoms. The first kappa shape index (κ1) is 14.1. The molecule has 6 nitrogen and oxygen atoms in total. The van der Waals surface area contributed by atoms with Gasteiger partial charge in [0, 0.05) is 5.02 Å². The highest BCUT2D eigenvalue weighted by molar-refractivity contribution is 6.31. The smallest absolute Gasteiger partial charge is 0.325 e. The average Bonchev–Trinajstić information content (AvgIpc) is 2.34. The number of carbonyl (C=O) groups is 2. The van der Waals surface area contributed by atoms with Crippen molar-refractivity contribution in [1.29, 1.82) is 0 Å². The molecule has 0 heterocycles. The van der Waals surface area contributed by atoms with Gasteiger partial charge in [-0.15, -0.1) is 0 Å². The van der Waals surface area contributed by atoms with Crippen LogP contribution in [0.4, 0.5) is 5.69 Å². The average molecular weight is 273 g/mol. The number of hydrogen-bond acceptors (Lipinski definition) is 5. The maximum absolute atomic E-state index is 11.2. The number of anilines is 1. The Kier molecular flexibility index (Phi) is 4.79. The molecule has 0 saturated carbocycles. The van der Waals surface area contributed by atoms with E-state index in [-0.39, 0.29) is 17.9 Å². The third kappa shape index (κ3) is 3.27. The number of hydrogen-bond donors (Lipinski definition) is 2. The van der Waals surface area contributed by atoms with Gasteiger partial charge in [-0.1, -0.05) is 11.6 Å². The van der Waals surface area contributed by atoms with Gasteiger partial charge in [0.1, 0.15) is 6.54 Å². The van der Waals surface area contributed by atoms with E-state index in [2.05, 4.69) is 10.1 Å². The van der Waals surface area contributed by atoms with Crippen molar-refractivity contribution in [1.82, 2.24) is 0 Å². The van der Waals surface area contributed by atoms with Crippen LogP contribution in [0.1, 0.15) is 10.4 Å². The highest BCUT2D eigenvalue weighted by Crippen LogP contribution is 2.32. The fourth-order valence-electron chi connectivity index (χ4n) is 1.37. The number of primary amides is 1. The Labute approximate surface area is 109 Å². The highest BCUT2D eigenvalue weighted by atomic mass is 35.5. The maximum atomic E-state index is 11.2. The second kappa shape index (κ2) is 6.11. The highest BCUT2D eigenvalue weighted by Gasteiger charge is 2.15. The summed E-state index contributed by atoms with van der Waals surface area (Å²) in [7, 11) is 2.66. The van der Waals surface area contributed by atoms with Crippen molar-refractivity contribution < 1.29 is 19.1 Å². The number of halogens is 1. The summed E-state index contributed by atoms with van der Waals surface area (Å²) in [5.74, 6) is -0.899.